The number of rotatable bonds is 3. The minimum absolute atomic E-state index is 0.0832. The van der Waals surface area contributed by atoms with Crippen LogP contribution in [0.4, 0.5) is 5.82 Å². The summed E-state index contributed by atoms with van der Waals surface area (Å²) in [7, 11) is 0. The summed E-state index contributed by atoms with van der Waals surface area (Å²) >= 11 is 4.13. The highest BCUT2D eigenvalue weighted by Gasteiger charge is 2.32. The van der Waals surface area contributed by atoms with Crippen LogP contribution in [0.3, 0.4) is 0 Å². The van der Waals surface area contributed by atoms with Crippen molar-refractivity contribution in [3.05, 3.63) is 58.9 Å². The fourth-order valence-electron chi connectivity index (χ4n) is 2.10. The van der Waals surface area contributed by atoms with Crippen LogP contribution < -0.4 is 0 Å². The van der Waals surface area contributed by atoms with Gasteiger partial charge in [0.25, 0.3) is 0 Å². The van der Waals surface area contributed by atoms with E-state index >= 15 is 0 Å². The van der Waals surface area contributed by atoms with Crippen molar-refractivity contribution < 1.29 is 15.0 Å². The Morgan fingerprint density at radius 2 is 1.95 bits per heavy atom. The first-order chi connectivity index (χ1) is 10.6. The molecular weight excluding hydrogens is 302 g/mol. The van der Waals surface area contributed by atoms with Crippen molar-refractivity contribution in [1.29, 1.82) is 0 Å². The van der Waals surface area contributed by atoms with E-state index in [0.29, 0.717) is 11.6 Å². The van der Waals surface area contributed by atoms with Gasteiger partial charge in [-0.3, -0.25) is 4.79 Å². The number of ketones is 1. The van der Waals surface area contributed by atoms with Gasteiger partial charge in [0.15, 0.2) is 17.3 Å². The number of thiol groups is 1. The third-order valence-electron chi connectivity index (χ3n) is 3.21. The maximum atomic E-state index is 12.2. The SMILES string of the molecule is O=C1C(N=Nc2ccc(CS)cn2)=C(O)c2c(O)cccc21. The monoisotopic (exact) mass is 313 g/mol. The molecule has 0 spiro atoms. The van der Waals surface area contributed by atoms with Crippen molar-refractivity contribution in [2.75, 3.05) is 0 Å². The molecule has 1 aliphatic carbocycles. The van der Waals surface area contributed by atoms with Crippen LogP contribution in [0.2, 0.25) is 0 Å². The van der Waals surface area contributed by atoms with Crippen LogP contribution in [-0.2, 0) is 5.75 Å². The Kier molecular flexibility index (Phi) is 3.64. The summed E-state index contributed by atoms with van der Waals surface area (Å²) in [5.74, 6) is -0.180. The Balaban J connectivity index is 1.94. The largest absolute Gasteiger partial charge is 0.507 e. The number of nitrogens with zero attached hydrogens (tertiary/aromatic N) is 3. The lowest BCUT2D eigenvalue weighted by Gasteiger charge is -2.00. The molecule has 0 amide bonds. The van der Waals surface area contributed by atoms with Crippen LogP contribution in [0, 0.1) is 0 Å². The molecule has 0 fully saturated rings. The topological polar surface area (TPSA) is 95.1 Å². The van der Waals surface area contributed by atoms with Crippen molar-refractivity contribution in [3.8, 4) is 5.75 Å². The molecule has 0 bridgehead atoms. The fourth-order valence-corrected chi connectivity index (χ4v) is 2.28. The molecular formula is C15H11N3O3S. The molecule has 0 saturated heterocycles. The highest BCUT2D eigenvalue weighted by Crippen LogP contribution is 2.37. The van der Waals surface area contributed by atoms with Gasteiger partial charge in [-0.15, -0.1) is 10.2 Å². The van der Waals surface area contributed by atoms with Gasteiger partial charge in [-0.25, -0.2) is 4.98 Å². The predicted octanol–water partition coefficient (Wildman–Crippen LogP) is 3.42. The molecule has 1 aromatic carbocycles. The maximum Gasteiger partial charge on any atom is 0.217 e. The van der Waals surface area contributed by atoms with Gasteiger partial charge < -0.3 is 10.2 Å². The van der Waals surface area contributed by atoms with Crippen molar-refractivity contribution in [3.63, 3.8) is 0 Å². The molecule has 1 aromatic heterocycles. The number of hydrogen-bond acceptors (Lipinski definition) is 7. The molecule has 7 heteroatoms. The highest BCUT2D eigenvalue weighted by molar-refractivity contribution is 7.79. The number of carbonyl (C=O) groups excluding carboxylic acids is 1. The second-order valence-electron chi connectivity index (χ2n) is 4.61. The molecule has 6 nitrogen and oxygen atoms in total. The number of pyridine rings is 1. The zero-order valence-electron chi connectivity index (χ0n) is 11.3. The average molecular weight is 313 g/mol. The summed E-state index contributed by atoms with van der Waals surface area (Å²) in [6.07, 6.45) is 1.60. The van der Waals surface area contributed by atoms with Gasteiger partial charge in [0, 0.05) is 17.5 Å². The molecule has 110 valence electrons. The van der Waals surface area contributed by atoms with Crippen LogP contribution in [0.15, 0.2) is 52.5 Å². The summed E-state index contributed by atoms with van der Waals surface area (Å²) in [6, 6.07) is 7.85. The number of phenolic OH excluding ortho intramolecular Hbond substituents is 1. The van der Waals surface area contributed by atoms with Gasteiger partial charge in [0.05, 0.1) is 5.56 Å². The van der Waals surface area contributed by atoms with Crippen molar-refractivity contribution in [1.82, 2.24) is 4.98 Å². The fraction of sp³-hybridized carbons (Fsp3) is 0.0667. The molecule has 2 aromatic rings. The lowest BCUT2D eigenvalue weighted by molar-refractivity contribution is 0.103. The molecule has 1 heterocycles. The second-order valence-corrected chi connectivity index (χ2v) is 4.93. The number of aromatic hydroxyl groups is 1. The zero-order chi connectivity index (χ0) is 15.7. The summed E-state index contributed by atoms with van der Waals surface area (Å²) in [5, 5.41) is 27.4. The minimum atomic E-state index is -0.487. The number of phenols is 1. The second kappa shape index (κ2) is 5.61. The van der Waals surface area contributed by atoms with E-state index in [-0.39, 0.29) is 28.3 Å². The van der Waals surface area contributed by atoms with Gasteiger partial charge in [-0.05, 0) is 23.8 Å². The molecule has 1 aliphatic rings. The van der Waals surface area contributed by atoms with Crippen molar-refractivity contribution >= 4 is 30.0 Å². The lowest BCUT2D eigenvalue weighted by atomic mass is 10.1. The number of azo groups is 1. The molecule has 0 radical (unpaired) electrons. The molecule has 0 unspecified atom stereocenters. The van der Waals surface area contributed by atoms with E-state index in [1.54, 1.807) is 18.3 Å². The Labute approximate surface area is 131 Å². The van der Waals surface area contributed by atoms with Gasteiger partial charge in [0.2, 0.25) is 5.78 Å². The number of aromatic nitrogens is 1. The maximum absolute atomic E-state index is 12.2. The molecule has 2 N–H and O–H groups in total. The number of hydrogen-bond donors (Lipinski definition) is 3. The predicted molar refractivity (Wildman–Crippen MR) is 83.4 cm³/mol. The summed E-state index contributed by atoms with van der Waals surface area (Å²) < 4.78 is 0. The third kappa shape index (κ3) is 2.35. The molecule has 3 rings (SSSR count). The van der Waals surface area contributed by atoms with E-state index in [1.165, 1.54) is 18.2 Å². The quantitative estimate of drug-likeness (QED) is 0.597. The van der Waals surface area contributed by atoms with Crippen LogP contribution in [0.25, 0.3) is 5.76 Å². The normalized spacial score (nSPS) is 14.0. The summed E-state index contributed by atoms with van der Waals surface area (Å²) in [6.45, 7) is 0. The number of fused-ring (bicyclic) bond motifs is 1. The summed E-state index contributed by atoms with van der Waals surface area (Å²) in [5.41, 5.74) is 1.000. The Morgan fingerprint density at radius 1 is 1.14 bits per heavy atom. The van der Waals surface area contributed by atoms with Crippen LogP contribution in [0.5, 0.6) is 5.75 Å². The average Bonchev–Trinajstić information content (AvgIpc) is 2.78. The summed E-state index contributed by atoms with van der Waals surface area (Å²) in [4.78, 5) is 16.2. The van der Waals surface area contributed by atoms with Crippen LogP contribution in [0.1, 0.15) is 21.5 Å². The molecule has 22 heavy (non-hydrogen) atoms. The van der Waals surface area contributed by atoms with Gasteiger partial charge >= 0.3 is 0 Å². The number of allylic oxidation sites excluding steroid dienone is 1. The van der Waals surface area contributed by atoms with Crippen molar-refractivity contribution in [2.24, 2.45) is 10.2 Å². The van der Waals surface area contributed by atoms with Gasteiger partial charge in [0.1, 0.15) is 5.75 Å². The molecule has 0 atom stereocenters. The molecule has 0 saturated carbocycles. The van der Waals surface area contributed by atoms with E-state index in [1.807, 2.05) is 0 Å². The lowest BCUT2D eigenvalue weighted by Crippen LogP contribution is -1.96. The number of aliphatic hydroxyl groups is 1. The van der Waals surface area contributed by atoms with Gasteiger partial charge in [-0.2, -0.15) is 12.6 Å². The first-order valence-corrected chi connectivity index (χ1v) is 7.03. The van der Waals surface area contributed by atoms with E-state index in [4.69, 9.17) is 0 Å². The Morgan fingerprint density at radius 3 is 2.59 bits per heavy atom. The van der Waals surface area contributed by atoms with Gasteiger partial charge in [-0.1, -0.05) is 12.1 Å². The molecule has 0 aliphatic heterocycles. The highest BCUT2D eigenvalue weighted by atomic mass is 32.1. The van der Waals surface area contributed by atoms with Crippen LogP contribution in [-0.4, -0.2) is 21.0 Å². The number of Topliss-reactive ketones (excluding diaryl/α,β-unsaturated/α-hetero) is 1. The number of aliphatic hydroxyl groups excluding tert-OH is 1. The van der Waals surface area contributed by atoms with E-state index < -0.39 is 5.78 Å². The zero-order valence-corrected chi connectivity index (χ0v) is 12.2. The third-order valence-corrected chi connectivity index (χ3v) is 3.57. The number of carbonyl (C=O) groups is 1. The number of benzene rings is 1. The van der Waals surface area contributed by atoms with Crippen LogP contribution >= 0.6 is 12.6 Å². The first kappa shape index (κ1) is 14.3. The van der Waals surface area contributed by atoms with E-state index in [2.05, 4.69) is 27.8 Å². The Bertz CT molecular complexity index is 813. The van der Waals surface area contributed by atoms with E-state index in [0.717, 1.165) is 5.56 Å². The van der Waals surface area contributed by atoms with E-state index in [9.17, 15) is 15.0 Å². The standard InChI is InChI=1S/C15H11N3O3S/c19-10-3-1-2-9-12(10)15(21)13(14(9)20)18-17-11-5-4-8(7-22)6-16-11/h1-6,19,21-22H,7H2. The minimum Gasteiger partial charge on any atom is -0.507 e. The first-order valence-electron chi connectivity index (χ1n) is 6.39. The smallest absolute Gasteiger partial charge is 0.217 e. The Hall–Kier alpha value is -2.67. The van der Waals surface area contributed by atoms with Crippen molar-refractivity contribution in [2.45, 2.75) is 5.75 Å².